The van der Waals surface area contributed by atoms with Crippen LogP contribution in [-0.2, 0) is 19.5 Å². The normalized spacial score (nSPS) is 18.7. The lowest BCUT2D eigenvalue weighted by molar-refractivity contribution is 0.0781. The van der Waals surface area contributed by atoms with Crippen LogP contribution in [-0.4, -0.2) is 58.5 Å². The average Bonchev–Trinajstić information content (AvgIpc) is 2.38. The highest BCUT2D eigenvalue weighted by atomic mass is 32.2. The summed E-state index contributed by atoms with van der Waals surface area (Å²) in [6, 6.07) is 2.18. The van der Waals surface area contributed by atoms with Crippen LogP contribution < -0.4 is 0 Å². The molecule has 0 bridgehead atoms. The van der Waals surface area contributed by atoms with Gasteiger partial charge in [0.2, 0.25) is 10.0 Å². The van der Waals surface area contributed by atoms with E-state index < -0.39 is 10.0 Å². The molecule has 18 heavy (non-hydrogen) atoms. The summed E-state index contributed by atoms with van der Waals surface area (Å²) >= 11 is 0. The minimum absolute atomic E-state index is 0.00518. The third-order valence-electron chi connectivity index (χ3n) is 2.95. The zero-order valence-electron chi connectivity index (χ0n) is 10.7. The first kappa shape index (κ1) is 15.4. The summed E-state index contributed by atoms with van der Waals surface area (Å²) in [5, 5.41) is 8.75. The Kier molecular flexibility index (Phi) is 6.57. The number of ether oxygens (including phenoxy) is 2. The van der Waals surface area contributed by atoms with Crippen LogP contribution in [0.25, 0.3) is 0 Å². The van der Waals surface area contributed by atoms with Crippen LogP contribution in [0.3, 0.4) is 0 Å². The van der Waals surface area contributed by atoms with E-state index >= 15 is 0 Å². The topological polar surface area (TPSA) is 79.6 Å². The highest BCUT2D eigenvalue weighted by Gasteiger charge is 2.27. The smallest absolute Gasteiger partial charge is 0.216 e. The summed E-state index contributed by atoms with van der Waals surface area (Å²) in [5.41, 5.74) is 0. The van der Waals surface area contributed by atoms with E-state index in [2.05, 4.69) is 6.07 Å². The predicted molar refractivity (Wildman–Crippen MR) is 66.4 cm³/mol. The van der Waals surface area contributed by atoms with Gasteiger partial charge in [0.15, 0.2) is 0 Å². The van der Waals surface area contributed by atoms with Crippen molar-refractivity contribution in [3.63, 3.8) is 0 Å². The number of nitriles is 1. The maximum Gasteiger partial charge on any atom is 0.216 e. The van der Waals surface area contributed by atoms with E-state index in [4.69, 9.17) is 14.7 Å². The van der Waals surface area contributed by atoms with Gasteiger partial charge in [-0.25, -0.2) is 12.7 Å². The first-order valence-corrected chi connectivity index (χ1v) is 7.65. The van der Waals surface area contributed by atoms with Crippen LogP contribution in [0.5, 0.6) is 0 Å². The lowest BCUT2D eigenvalue weighted by atomic mass is 10.0. The number of methoxy groups -OCH3 is 1. The highest BCUT2D eigenvalue weighted by Crippen LogP contribution is 2.18. The molecule has 1 fully saturated rings. The number of hydrogen-bond donors (Lipinski definition) is 0. The standard InChI is InChI=1S/C11H20N2O4S/c1-16-6-7-17-8-9-18(14,15)13-4-2-11(10-12)3-5-13/h11H,2-9H2,1H3. The molecule has 1 heterocycles. The molecular weight excluding hydrogens is 256 g/mol. The second-order valence-corrected chi connectivity index (χ2v) is 6.31. The Morgan fingerprint density at radius 1 is 1.28 bits per heavy atom. The molecule has 0 aliphatic carbocycles. The number of nitrogens with zero attached hydrogens (tertiary/aromatic N) is 2. The lowest BCUT2D eigenvalue weighted by Crippen LogP contribution is -2.40. The van der Waals surface area contributed by atoms with E-state index in [0.717, 1.165) is 0 Å². The molecule has 1 aliphatic heterocycles. The average molecular weight is 276 g/mol. The van der Waals surface area contributed by atoms with Crippen molar-refractivity contribution in [1.82, 2.24) is 4.31 Å². The van der Waals surface area contributed by atoms with E-state index in [1.807, 2.05) is 0 Å². The zero-order chi connectivity index (χ0) is 13.4. The molecule has 1 saturated heterocycles. The number of sulfonamides is 1. The third kappa shape index (κ3) is 4.90. The van der Waals surface area contributed by atoms with E-state index in [1.54, 1.807) is 7.11 Å². The van der Waals surface area contributed by atoms with Gasteiger partial charge in [-0.15, -0.1) is 0 Å². The van der Waals surface area contributed by atoms with Crippen LogP contribution in [0.1, 0.15) is 12.8 Å². The third-order valence-corrected chi connectivity index (χ3v) is 4.78. The minimum Gasteiger partial charge on any atom is -0.382 e. The van der Waals surface area contributed by atoms with Gasteiger partial charge >= 0.3 is 0 Å². The molecule has 0 amide bonds. The Bertz CT molecular complexity index is 369. The zero-order valence-corrected chi connectivity index (χ0v) is 11.5. The number of hydrogen-bond acceptors (Lipinski definition) is 5. The van der Waals surface area contributed by atoms with Gasteiger partial charge in [0.1, 0.15) is 0 Å². The molecule has 0 saturated carbocycles. The van der Waals surface area contributed by atoms with Gasteiger partial charge in [-0.2, -0.15) is 5.26 Å². The van der Waals surface area contributed by atoms with Crippen LogP contribution in [0.2, 0.25) is 0 Å². The molecule has 0 N–H and O–H groups in total. The first-order chi connectivity index (χ1) is 8.60. The summed E-state index contributed by atoms with van der Waals surface area (Å²) < 4.78 is 35.3. The molecule has 0 radical (unpaired) electrons. The lowest BCUT2D eigenvalue weighted by Gasteiger charge is -2.28. The second-order valence-electron chi connectivity index (χ2n) is 4.22. The molecule has 0 aromatic carbocycles. The van der Waals surface area contributed by atoms with Gasteiger partial charge in [0.05, 0.1) is 31.6 Å². The fraction of sp³-hybridized carbons (Fsp3) is 0.909. The summed E-state index contributed by atoms with van der Waals surface area (Å²) in [4.78, 5) is 0. The molecule has 0 atom stereocenters. The van der Waals surface area contributed by atoms with E-state index in [1.165, 1.54) is 4.31 Å². The van der Waals surface area contributed by atoms with Gasteiger partial charge < -0.3 is 9.47 Å². The monoisotopic (exact) mass is 276 g/mol. The molecular formula is C11H20N2O4S. The molecule has 104 valence electrons. The molecule has 0 unspecified atom stereocenters. The SMILES string of the molecule is COCCOCCS(=O)(=O)N1CCC(C#N)CC1. The maximum absolute atomic E-state index is 11.9. The number of piperidine rings is 1. The van der Waals surface area contributed by atoms with Gasteiger partial charge in [0.25, 0.3) is 0 Å². The van der Waals surface area contributed by atoms with E-state index in [9.17, 15) is 8.42 Å². The summed E-state index contributed by atoms with van der Waals surface area (Å²) in [7, 11) is -1.68. The second kappa shape index (κ2) is 7.69. The van der Waals surface area contributed by atoms with Crippen LogP contribution in [0.4, 0.5) is 0 Å². The largest absolute Gasteiger partial charge is 0.382 e. The minimum atomic E-state index is -3.24. The molecule has 0 aromatic heterocycles. The van der Waals surface area contributed by atoms with Gasteiger partial charge in [-0.05, 0) is 12.8 Å². The molecule has 1 aliphatic rings. The summed E-state index contributed by atoms with van der Waals surface area (Å²) in [5.74, 6) is -0.0112. The Morgan fingerprint density at radius 3 is 2.50 bits per heavy atom. The van der Waals surface area contributed by atoms with Crippen LogP contribution in [0.15, 0.2) is 0 Å². The molecule has 6 nitrogen and oxygen atoms in total. The Balaban J connectivity index is 2.29. The van der Waals surface area contributed by atoms with Gasteiger partial charge in [-0.1, -0.05) is 0 Å². The van der Waals surface area contributed by atoms with Crippen molar-refractivity contribution in [3.8, 4) is 6.07 Å². The van der Waals surface area contributed by atoms with Gasteiger partial charge in [-0.3, -0.25) is 0 Å². The maximum atomic E-state index is 11.9. The van der Waals surface area contributed by atoms with E-state index in [-0.39, 0.29) is 18.3 Å². The van der Waals surface area contributed by atoms with Crippen molar-refractivity contribution in [2.24, 2.45) is 5.92 Å². The highest BCUT2D eigenvalue weighted by molar-refractivity contribution is 7.89. The molecule has 0 aromatic rings. The first-order valence-electron chi connectivity index (χ1n) is 6.04. The summed E-state index contributed by atoms with van der Waals surface area (Å²) in [6.45, 7) is 1.94. The summed E-state index contributed by atoms with van der Waals surface area (Å²) in [6.07, 6.45) is 1.25. The van der Waals surface area contributed by atoms with Crippen molar-refractivity contribution in [1.29, 1.82) is 5.26 Å². The van der Waals surface area contributed by atoms with Crippen molar-refractivity contribution in [2.45, 2.75) is 12.8 Å². The van der Waals surface area contributed by atoms with Crippen molar-refractivity contribution < 1.29 is 17.9 Å². The Morgan fingerprint density at radius 2 is 1.94 bits per heavy atom. The van der Waals surface area contributed by atoms with Crippen molar-refractivity contribution in [3.05, 3.63) is 0 Å². The van der Waals surface area contributed by atoms with Crippen LogP contribution in [0, 0.1) is 17.2 Å². The fourth-order valence-electron chi connectivity index (χ4n) is 1.80. The quantitative estimate of drug-likeness (QED) is 0.621. The Hall–Kier alpha value is -0.680. The van der Waals surface area contributed by atoms with Gasteiger partial charge in [0, 0.05) is 26.1 Å². The molecule has 0 spiro atoms. The Labute approximate surface area is 109 Å². The number of rotatable bonds is 7. The predicted octanol–water partition coefficient (Wildman–Crippen LogP) is 0.215. The van der Waals surface area contributed by atoms with E-state index in [0.29, 0.717) is 39.1 Å². The van der Waals surface area contributed by atoms with Crippen molar-refractivity contribution >= 4 is 10.0 Å². The van der Waals surface area contributed by atoms with Crippen molar-refractivity contribution in [2.75, 3.05) is 45.8 Å². The van der Waals surface area contributed by atoms with Crippen LogP contribution >= 0.6 is 0 Å². The molecule has 7 heteroatoms. The fourth-order valence-corrected chi connectivity index (χ4v) is 3.15. The molecule has 1 rings (SSSR count).